The van der Waals surface area contributed by atoms with Crippen molar-refractivity contribution >= 4 is 5.82 Å². The number of hydrogen-bond donors (Lipinski definition) is 1. The topological polar surface area (TPSA) is 24.9 Å². The second-order valence-corrected chi connectivity index (χ2v) is 5.44. The summed E-state index contributed by atoms with van der Waals surface area (Å²) < 4.78 is 0. The van der Waals surface area contributed by atoms with Gasteiger partial charge in [-0.15, -0.1) is 0 Å². The third kappa shape index (κ3) is 2.37. The zero-order valence-corrected chi connectivity index (χ0v) is 9.95. The first kappa shape index (κ1) is 10.1. The molecule has 1 heterocycles. The van der Waals surface area contributed by atoms with E-state index in [-0.39, 0.29) is 0 Å². The lowest BCUT2D eigenvalue weighted by molar-refractivity contribution is 0.427. The van der Waals surface area contributed by atoms with Crippen LogP contribution in [0.2, 0.25) is 0 Å². The van der Waals surface area contributed by atoms with Crippen LogP contribution in [0.5, 0.6) is 0 Å². The van der Waals surface area contributed by atoms with Crippen LogP contribution >= 0.6 is 0 Å². The fourth-order valence-corrected chi connectivity index (χ4v) is 2.62. The van der Waals surface area contributed by atoms with Crippen LogP contribution in [0.25, 0.3) is 0 Å². The van der Waals surface area contributed by atoms with Crippen LogP contribution in [-0.2, 0) is 0 Å². The first-order valence-electron chi connectivity index (χ1n) is 6.49. The summed E-state index contributed by atoms with van der Waals surface area (Å²) >= 11 is 0. The molecule has 0 atom stereocenters. The lowest BCUT2D eigenvalue weighted by atomic mass is 9.98. The highest BCUT2D eigenvalue weighted by Crippen LogP contribution is 2.49. The molecule has 1 N–H and O–H groups in total. The molecule has 1 aromatic heterocycles. The fourth-order valence-electron chi connectivity index (χ4n) is 2.62. The Labute approximate surface area is 97.5 Å². The molecule has 2 heteroatoms. The number of rotatable bonds is 5. The summed E-state index contributed by atoms with van der Waals surface area (Å²) in [7, 11) is 0. The van der Waals surface area contributed by atoms with Gasteiger partial charge in [0.15, 0.2) is 0 Å². The summed E-state index contributed by atoms with van der Waals surface area (Å²) in [5, 5.41) is 3.52. The van der Waals surface area contributed by atoms with Crippen LogP contribution in [0.15, 0.2) is 18.3 Å². The zero-order valence-electron chi connectivity index (χ0n) is 9.95. The van der Waals surface area contributed by atoms with Crippen molar-refractivity contribution in [1.82, 2.24) is 4.98 Å². The van der Waals surface area contributed by atoms with Crippen LogP contribution in [0.3, 0.4) is 0 Å². The smallest absolute Gasteiger partial charge is 0.126 e. The SMILES string of the molecule is Cc1ccnc(NCC(C2CC2)C2CC2)c1. The second-order valence-electron chi connectivity index (χ2n) is 5.44. The summed E-state index contributed by atoms with van der Waals surface area (Å²) in [6.07, 6.45) is 7.74. The first-order chi connectivity index (χ1) is 7.83. The lowest BCUT2D eigenvalue weighted by Gasteiger charge is -2.16. The average Bonchev–Trinajstić information content (AvgIpc) is 3.13. The molecule has 2 aliphatic rings. The predicted octanol–water partition coefficient (Wildman–Crippen LogP) is 3.24. The van der Waals surface area contributed by atoms with Crippen LogP contribution in [0, 0.1) is 24.7 Å². The normalized spacial score (nSPS) is 20.1. The van der Waals surface area contributed by atoms with Crippen molar-refractivity contribution in [2.45, 2.75) is 32.6 Å². The van der Waals surface area contributed by atoms with Gasteiger partial charge in [0.05, 0.1) is 0 Å². The van der Waals surface area contributed by atoms with E-state index in [4.69, 9.17) is 0 Å². The van der Waals surface area contributed by atoms with E-state index in [2.05, 4.69) is 23.3 Å². The Morgan fingerprint density at radius 1 is 1.31 bits per heavy atom. The van der Waals surface area contributed by atoms with Gasteiger partial charge in [0.1, 0.15) is 5.82 Å². The van der Waals surface area contributed by atoms with Gasteiger partial charge in [-0.2, -0.15) is 0 Å². The van der Waals surface area contributed by atoms with Crippen molar-refractivity contribution in [3.8, 4) is 0 Å². The highest BCUT2D eigenvalue weighted by Gasteiger charge is 2.40. The van der Waals surface area contributed by atoms with E-state index in [1.807, 2.05) is 12.3 Å². The zero-order chi connectivity index (χ0) is 11.0. The van der Waals surface area contributed by atoms with Gasteiger partial charge < -0.3 is 5.32 Å². The Morgan fingerprint density at radius 2 is 2.00 bits per heavy atom. The van der Waals surface area contributed by atoms with Crippen molar-refractivity contribution in [2.75, 3.05) is 11.9 Å². The van der Waals surface area contributed by atoms with Gasteiger partial charge in [-0.05, 0) is 68.1 Å². The predicted molar refractivity (Wildman–Crippen MR) is 66.4 cm³/mol. The Morgan fingerprint density at radius 3 is 2.56 bits per heavy atom. The van der Waals surface area contributed by atoms with E-state index in [1.165, 1.54) is 31.2 Å². The largest absolute Gasteiger partial charge is 0.370 e. The maximum absolute atomic E-state index is 4.36. The van der Waals surface area contributed by atoms with E-state index >= 15 is 0 Å². The van der Waals surface area contributed by atoms with Crippen LogP contribution in [0.1, 0.15) is 31.2 Å². The molecule has 0 amide bonds. The van der Waals surface area contributed by atoms with Gasteiger partial charge in [0.2, 0.25) is 0 Å². The Hall–Kier alpha value is -1.05. The van der Waals surface area contributed by atoms with E-state index in [0.29, 0.717) is 0 Å². The molecular weight excluding hydrogens is 196 g/mol. The molecule has 1 aromatic rings. The Balaban J connectivity index is 1.58. The third-order valence-corrected chi connectivity index (χ3v) is 3.89. The molecular formula is C14H20N2. The third-order valence-electron chi connectivity index (χ3n) is 3.89. The van der Waals surface area contributed by atoms with Crippen LogP contribution < -0.4 is 5.32 Å². The summed E-state index contributed by atoms with van der Waals surface area (Å²) in [6.45, 7) is 3.25. The number of nitrogens with one attached hydrogen (secondary N) is 1. The highest BCUT2D eigenvalue weighted by molar-refractivity contribution is 5.37. The maximum atomic E-state index is 4.36. The van der Waals surface area contributed by atoms with E-state index in [9.17, 15) is 0 Å². The van der Waals surface area contributed by atoms with Crippen molar-refractivity contribution in [3.63, 3.8) is 0 Å². The van der Waals surface area contributed by atoms with Gasteiger partial charge in [-0.3, -0.25) is 0 Å². The van der Waals surface area contributed by atoms with Crippen molar-refractivity contribution in [3.05, 3.63) is 23.9 Å². The van der Waals surface area contributed by atoms with Crippen molar-refractivity contribution in [1.29, 1.82) is 0 Å². The molecule has 3 rings (SSSR count). The van der Waals surface area contributed by atoms with Gasteiger partial charge in [0, 0.05) is 12.7 Å². The fraction of sp³-hybridized carbons (Fsp3) is 0.643. The second kappa shape index (κ2) is 4.08. The molecule has 2 nitrogen and oxygen atoms in total. The molecule has 2 aliphatic carbocycles. The van der Waals surface area contributed by atoms with Crippen LogP contribution in [0.4, 0.5) is 5.82 Å². The summed E-state index contributed by atoms with van der Waals surface area (Å²) in [5.41, 5.74) is 1.28. The van der Waals surface area contributed by atoms with Gasteiger partial charge in [-0.25, -0.2) is 4.98 Å². The number of hydrogen-bond acceptors (Lipinski definition) is 2. The summed E-state index contributed by atoms with van der Waals surface area (Å²) in [4.78, 5) is 4.36. The maximum Gasteiger partial charge on any atom is 0.126 e. The molecule has 2 saturated carbocycles. The highest BCUT2D eigenvalue weighted by atomic mass is 15.0. The van der Waals surface area contributed by atoms with Gasteiger partial charge >= 0.3 is 0 Å². The molecule has 0 spiro atoms. The minimum Gasteiger partial charge on any atom is -0.370 e. The van der Waals surface area contributed by atoms with Crippen LogP contribution in [-0.4, -0.2) is 11.5 Å². The number of aryl methyl sites for hydroxylation is 1. The standard InChI is InChI=1S/C14H20N2/c1-10-6-7-15-14(8-10)16-9-13(11-2-3-11)12-4-5-12/h6-8,11-13H,2-5,9H2,1H3,(H,15,16). The minimum absolute atomic E-state index is 0.919. The lowest BCUT2D eigenvalue weighted by Crippen LogP contribution is -2.18. The molecule has 0 aliphatic heterocycles. The molecule has 0 saturated heterocycles. The number of nitrogens with zero attached hydrogens (tertiary/aromatic N) is 1. The Kier molecular flexibility index (Phi) is 2.58. The molecule has 16 heavy (non-hydrogen) atoms. The minimum atomic E-state index is 0.919. The monoisotopic (exact) mass is 216 g/mol. The quantitative estimate of drug-likeness (QED) is 0.817. The van der Waals surface area contributed by atoms with E-state index in [1.54, 1.807) is 0 Å². The summed E-state index contributed by atoms with van der Waals surface area (Å²) in [6, 6.07) is 4.18. The van der Waals surface area contributed by atoms with E-state index in [0.717, 1.165) is 30.1 Å². The molecule has 2 fully saturated rings. The first-order valence-corrected chi connectivity index (χ1v) is 6.49. The molecule has 86 valence electrons. The van der Waals surface area contributed by atoms with Crippen molar-refractivity contribution < 1.29 is 0 Å². The van der Waals surface area contributed by atoms with Crippen molar-refractivity contribution in [2.24, 2.45) is 17.8 Å². The summed E-state index contributed by atoms with van der Waals surface area (Å²) in [5.74, 6) is 4.00. The Bertz CT molecular complexity index is 355. The number of anilines is 1. The molecule has 0 unspecified atom stereocenters. The van der Waals surface area contributed by atoms with Gasteiger partial charge in [-0.1, -0.05) is 0 Å². The van der Waals surface area contributed by atoms with E-state index < -0.39 is 0 Å². The average molecular weight is 216 g/mol. The molecule has 0 aromatic carbocycles. The molecule has 0 radical (unpaired) electrons. The number of pyridine rings is 1. The molecule has 0 bridgehead atoms. The van der Waals surface area contributed by atoms with Gasteiger partial charge in [0.25, 0.3) is 0 Å². The number of aromatic nitrogens is 1.